The summed E-state index contributed by atoms with van der Waals surface area (Å²) in [6.07, 6.45) is 5.06. The van der Waals surface area contributed by atoms with Crippen molar-refractivity contribution in [3.63, 3.8) is 0 Å². The number of quaternary nitrogens is 1. The third kappa shape index (κ3) is 4.12. The van der Waals surface area contributed by atoms with Crippen LogP contribution in [0.25, 0.3) is 11.1 Å². The molecule has 0 aliphatic heterocycles. The van der Waals surface area contributed by atoms with Gasteiger partial charge < -0.3 is 14.8 Å². The minimum atomic E-state index is -0.110. The van der Waals surface area contributed by atoms with Crippen LogP contribution in [-0.2, 0) is 19.9 Å². The number of nitrogens with zero attached hydrogens (tertiary/aromatic N) is 4. The molecule has 0 unspecified atom stereocenters. The first-order valence-corrected chi connectivity index (χ1v) is 8.94. The van der Waals surface area contributed by atoms with E-state index in [-0.39, 0.29) is 6.04 Å². The van der Waals surface area contributed by atoms with Gasteiger partial charge in [-0.1, -0.05) is 59.8 Å². The summed E-state index contributed by atoms with van der Waals surface area (Å²) in [5.74, 6) is 1.23. The van der Waals surface area contributed by atoms with Gasteiger partial charge in [0.05, 0.1) is 18.4 Å². The average molecular weight is 360 g/mol. The Balaban J connectivity index is 1.41. The van der Waals surface area contributed by atoms with Crippen molar-refractivity contribution in [1.82, 2.24) is 19.7 Å². The standard InChI is InChI=1S/C21H21N5O/c1-26-13-18(23-14-26)12-19(22)21-24-20(25-27-21)11-15-7-9-17(10-8-15)16-5-3-2-4-6-16/h2-10,13-14,19H,11-12,22H2,1H3/p+1/t19-/m0/s1. The number of hydrogen-bond donors (Lipinski definition) is 1. The van der Waals surface area contributed by atoms with E-state index in [4.69, 9.17) is 4.52 Å². The minimum Gasteiger partial charge on any atom is -0.347 e. The Morgan fingerprint density at radius 1 is 1.04 bits per heavy atom. The number of hydrogen-bond acceptors (Lipinski definition) is 4. The van der Waals surface area contributed by atoms with Crippen molar-refractivity contribution in [2.24, 2.45) is 7.05 Å². The van der Waals surface area contributed by atoms with E-state index >= 15 is 0 Å². The molecule has 1 atom stereocenters. The van der Waals surface area contributed by atoms with Gasteiger partial charge in [0, 0.05) is 19.7 Å². The second-order valence-corrected chi connectivity index (χ2v) is 6.72. The lowest BCUT2D eigenvalue weighted by molar-refractivity contribution is -0.431. The molecule has 6 nitrogen and oxygen atoms in total. The van der Waals surface area contributed by atoms with Crippen molar-refractivity contribution < 1.29 is 10.3 Å². The lowest BCUT2D eigenvalue weighted by Crippen LogP contribution is -2.54. The summed E-state index contributed by atoms with van der Waals surface area (Å²) in [6, 6.07) is 18.7. The number of aromatic nitrogens is 4. The smallest absolute Gasteiger partial charge is 0.285 e. The van der Waals surface area contributed by atoms with Crippen LogP contribution in [0, 0.1) is 0 Å². The molecule has 3 N–H and O–H groups in total. The van der Waals surface area contributed by atoms with Crippen LogP contribution in [0.15, 0.2) is 71.6 Å². The largest absolute Gasteiger partial charge is 0.347 e. The number of imidazole rings is 1. The Kier molecular flexibility index (Phi) is 4.80. The lowest BCUT2D eigenvalue weighted by Gasteiger charge is -2.03. The van der Waals surface area contributed by atoms with E-state index in [0.29, 0.717) is 24.6 Å². The van der Waals surface area contributed by atoms with Crippen LogP contribution in [0.3, 0.4) is 0 Å². The van der Waals surface area contributed by atoms with E-state index in [1.54, 1.807) is 6.33 Å². The van der Waals surface area contributed by atoms with Gasteiger partial charge in [-0.2, -0.15) is 4.98 Å². The summed E-state index contributed by atoms with van der Waals surface area (Å²) < 4.78 is 7.33. The first-order valence-electron chi connectivity index (χ1n) is 8.94. The summed E-state index contributed by atoms with van der Waals surface area (Å²) in [5, 5.41) is 4.11. The van der Waals surface area contributed by atoms with Crippen LogP contribution in [-0.4, -0.2) is 19.7 Å². The zero-order valence-electron chi connectivity index (χ0n) is 15.2. The maximum absolute atomic E-state index is 5.41. The SMILES string of the molecule is Cn1cnc(C[C@H]([NH3+])c2nc(Cc3ccc(-c4ccccc4)cc3)no2)c1. The summed E-state index contributed by atoms with van der Waals surface area (Å²) >= 11 is 0. The fourth-order valence-corrected chi connectivity index (χ4v) is 3.05. The molecular weight excluding hydrogens is 338 g/mol. The Bertz CT molecular complexity index is 1000. The van der Waals surface area contributed by atoms with Crippen LogP contribution in [0.2, 0.25) is 0 Å². The highest BCUT2D eigenvalue weighted by molar-refractivity contribution is 5.63. The highest BCUT2D eigenvalue weighted by atomic mass is 16.5. The van der Waals surface area contributed by atoms with Gasteiger partial charge in [0.1, 0.15) is 0 Å². The monoisotopic (exact) mass is 360 g/mol. The molecule has 4 rings (SSSR count). The third-order valence-corrected chi connectivity index (χ3v) is 4.47. The van der Waals surface area contributed by atoms with Crippen molar-refractivity contribution in [3.8, 4) is 11.1 Å². The molecule has 6 heteroatoms. The van der Waals surface area contributed by atoms with Crippen molar-refractivity contribution in [2.75, 3.05) is 0 Å². The van der Waals surface area contributed by atoms with Crippen molar-refractivity contribution in [1.29, 1.82) is 0 Å². The van der Waals surface area contributed by atoms with Crippen LogP contribution in [0.4, 0.5) is 0 Å². The quantitative estimate of drug-likeness (QED) is 0.573. The average Bonchev–Trinajstić information content (AvgIpc) is 3.32. The fourth-order valence-electron chi connectivity index (χ4n) is 3.05. The Morgan fingerprint density at radius 2 is 1.78 bits per heavy atom. The summed E-state index contributed by atoms with van der Waals surface area (Å²) in [7, 11) is 1.95. The van der Waals surface area contributed by atoms with Gasteiger partial charge in [-0.3, -0.25) is 0 Å². The molecule has 0 bridgehead atoms. The molecule has 2 heterocycles. The maximum Gasteiger partial charge on any atom is 0.285 e. The Labute approximate surface area is 157 Å². The molecule has 0 aliphatic carbocycles. The molecule has 2 aromatic carbocycles. The minimum absolute atomic E-state index is 0.110. The molecule has 2 aromatic heterocycles. The molecule has 0 saturated carbocycles. The number of benzene rings is 2. The molecule has 27 heavy (non-hydrogen) atoms. The predicted octanol–water partition coefficient (Wildman–Crippen LogP) is 2.59. The molecule has 0 radical (unpaired) electrons. The van der Waals surface area contributed by atoms with E-state index in [9.17, 15) is 0 Å². The normalized spacial score (nSPS) is 12.2. The summed E-state index contributed by atoms with van der Waals surface area (Å²) in [5.41, 5.74) is 8.65. The highest BCUT2D eigenvalue weighted by Crippen LogP contribution is 2.20. The van der Waals surface area contributed by atoms with E-state index in [1.165, 1.54) is 11.1 Å². The van der Waals surface area contributed by atoms with Crippen LogP contribution in [0.5, 0.6) is 0 Å². The van der Waals surface area contributed by atoms with Crippen LogP contribution < -0.4 is 5.73 Å². The van der Waals surface area contributed by atoms with Crippen LogP contribution in [0.1, 0.15) is 29.0 Å². The second-order valence-electron chi connectivity index (χ2n) is 6.72. The van der Waals surface area contributed by atoms with Gasteiger partial charge in [-0.15, -0.1) is 0 Å². The van der Waals surface area contributed by atoms with Crippen LogP contribution >= 0.6 is 0 Å². The van der Waals surface area contributed by atoms with Gasteiger partial charge >= 0.3 is 0 Å². The van der Waals surface area contributed by atoms with Gasteiger partial charge in [0.15, 0.2) is 11.9 Å². The van der Waals surface area contributed by atoms with Crippen molar-refractivity contribution in [2.45, 2.75) is 18.9 Å². The molecule has 4 aromatic rings. The molecule has 136 valence electrons. The maximum atomic E-state index is 5.41. The lowest BCUT2D eigenvalue weighted by atomic mass is 10.0. The van der Waals surface area contributed by atoms with Gasteiger partial charge in [0.25, 0.3) is 5.89 Å². The Hall–Kier alpha value is -3.25. The molecule has 0 fully saturated rings. The van der Waals surface area contributed by atoms with Gasteiger partial charge in [0.2, 0.25) is 0 Å². The second kappa shape index (κ2) is 7.55. The predicted molar refractivity (Wildman–Crippen MR) is 102 cm³/mol. The topological polar surface area (TPSA) is 84.4 Å². The van der Waals surface area contributed by atoms with Crippen molar-refractivity contribution in [3.05, 3.63) is 90.1 Å². The molecule has 0 spiro atoms. The number of aryl methyl sites for hydroxylation is 1. The van der Waals surface area contributed by atoms with Crippen molar-refractivity contribution >= 4 is 0 Å². The highest BCUT2D eigenvalue weighted by Gasteiger charge is 2.20. The molecular formula is C21H22N5O+. The first-order chi connectivity index (χ1) is 13.2. The van der Waals surface area contributed by atoms with E-state index < -0.39 is 0 Å². The fraction of sp³-hybridized carbons (Fsp3) is 0.190. The summed E-state index contributed by atoms with van der Waals surface area (Å²) in [6.45, 7) is 0. The zero-order chi connectivity index (χ0) is 18.6. The van der Waals surface area contributed by atoms with Gasteiger partial charge in [-0.25, -0.2) is 4.98 Å². The van der Waals surface area contributed by atoms with E-state index in [2.05, 4.69) is 57.3 Å². The van der Waals surface area contributed by atoms with Gasteiger partial charge in [-0.05, 0) is 16.7 Å². The number of rotatable bonds is 6. The third-order valence-electron chi connectivity index (χ3n) is 4.47. The Morgan fingerprint density at radius 3 is 2.48 bits per heavy atom. The molecule has 0 amide bonds. The zero-order valence-corrected chi connectivity index (χ0v) is 15.2. The van der Waals surface area contributed by atoms with E-state index in [0.717, 1.165) is 11.3 Å². The molecule has 0 saturated heterocycles. The summed E-state index contributed by atoms with van der Waals surface area (Å²) in [4.78, 5) is 8.84. The first kappa shape index (κ1) is 17.2. The van der Waals surface area contributed by atoms with E-state index in [1.807, 2.05) is 36.0 Å². The molecule has 0 aliphatic rings.